The van der Waals surface area contributed by atoms with Crippen molar-refractivity contribution in [3.8, 4) is 0 Å². The highest BCUT2D eigenvalue weighted by Gasteiger charge is 2.18. The average molecular weight is 315 g/mol. The van der Waals surface area contributed by atoms with Crippen molar-refractivity contribution in [3.63, 3.8) is 0 Å². The Morgan fingerprint density at radius 2 is 2.12 bits per heavy atom. The molecule has 1 aromatic heterocycles. The largest absolute Gasteiger partial charge is 0.466 e. The van der Waals surface area contributed by atoms with E-state index in [1.54, 1.807) is 6.26 Å². The fourth-order valence-electron chi connectivity index (χ4n) is 1.81. The Labute approximate surface area is 114 Å². The zero-order valence-electron chi connectivity index (χ0n) is 9.63. The fourth-order valence-corrected chi connectivity index (χ4v) is 2.36. The van der Waals surface area contributed by atoms with Crippen LogP contribution in [0.1, 0.15) is 22.9 Å². The third-order valence-corrected chi connectivity index (χ3v) is 3.79. The van der Waals surface area contributed by atoms with Gasteiger partial charge in [-0.05, 0) is 53.2 Å². The van der Waals surface area contributed by atoms with E-state index in [0.29, 0.717) is 0 Å². The number of hydrogen-bond acceptors (Lipinski definition) is 2. The molecule has 2 rings (SSSR count). The molecule has 0 saturated heterocycles. The summed E-state index contributed by atoms with van der Waals surface area (Å²) in [5, 5.41) is 4.02. The van der Waals surface area contributed by atoms with Crippen LogP contribution in [0.2, 0.25) is 5.02 Å². The molecule has 1 atom stereocenters. The molecule has 4 heteroatoms. The highest BCUT2D eigenvalue weighted by molar-refractivity contribution is 9.10. The zero-order valence-corrected chi connectivity index (χ0v) is 12.0. The van der Waals surface area contributed by atoms with E-state index in [2.05, 4.69) is 27.3 Å². The van der Waals surface area contributed by atoms with Gasteiger partial charge >= 0.3 is 0 Å². The number of benzene rings is 1. The minimum atomic E-state index is 0.0235. The van der Waals surface area contributed by atoms with Crippen molar-refractivity contribution < 1.29 is 4.42 Å². The number of rotatable bonds is 3. The monoisotopic (exact) mass is 313 g/mol. The smallest absolute Gasteiger partial charge is 0.139 e. The van der Waals surface area contributed by atoms with Gasteiger partial charge in [-0.1, -0.05) is 23.7 Å². The summed E-state index contributed by atoms with van der Waals surface area (Å²) >= 11 is 9.51. The van der Waals surface area contributed by atoms with E-state index in [4.69, 9.17) is 16.0 Å². The second kappa shape index (κ2) is 5.25. The van der Waals surface area contributed by atoms with Crippen LogP contribution in [0.4, 0.5) is 0 Å². The van der Waals surface area contributed by atoms with Crippen molar-refractivity contribution in [2.45, 2.75) is 13.0 Å². The Morgan fingerprint density at radius 1 is 1.35 bits per heavy atom. The first-order valence-corrected chi connectivity index (χ1v) is 6.46. The van der Waals surface area contributed by atoms with Crippen LogP contribution in [0.5, 0.6) is 0 Å². The number of furan rings is 1. The number of nitrogens with one attached hydrogen (secondary N) is 1. The Morgan fingerprint density at radius 3 is 2.65 bits per heavy atom. The maximum Gasteiger partial charge on any atom is 0.139 e. The summed E-state index contributed by atoms with van der Waals surface area (Å²) in [6.45, 7) is 2.00. The average Bonchev–Trinajstić information content (AvgIpc) is 2.71. The van der Waals surface area contributed by atoms with Crippen molar-refractivity contribution in [2.75, 3.05) is 7.05 Å². The Balaban J connectivity index is 2.42. The highest BCUT2D eigenvalue weighted by Crippen LogP contribution is 2.30. The van der Waals surface area contributed by atoms with Crippen LogP contribution in [-0.4, -0.2) is 7.05 Å². The van der Waals surface area contributed by atoms with Crippen molar-refractivity contribution >= 4 is 27.5 Å². The lowest BCUT2D eigenvalue weighted by Gasteiger charge is -2.15. The van der Waals surface area contributed by atoms with Crippen molar-refractivity contribution in [1.29, 1.82) is 0 Å². The maximum atomic E-state index is 6.03. The predicted molar refractivity (Wildman–Crippen MR) is 73.5 cm³/mol. The quantitative estimate of drug-likeness (QED) is 0.913. The SMILES string of the molecule is CNC(c1ccc(Cl)c(C)c1)c1occc1Br. The van der Waals surface area contributed by atoms with E-state index in [0.717, 1.165) is 26.4 Å². The molecular weight excluding hydrogens is 302 g/mol. The molecule has 1 aromatic carbocycles. The van der Waals surface area contributed by atoms with Gasteiger partial charge in [-0.3, -0.25) is 0 Å². The molecular formula is C13H13BrClNO. The van der Waals surface area contributed by atoms with Crippen LogP contribution in [0.25, 0.3) is 0 Å². The number of aryl methyl sites for hydroxylation is 1. The summed E-state index contributed by atoms with van der Waals surface area (Å²) in [7, 11) is 1.91. The molecule has 0 radical (unpaired) electrons. The minimum Gasteiger partial charge on any atom is -0.466 e. The molecule has 17 heavy (non-hydrogen) atoms. The van der Waals surface area contributed by atoms with E-state index in [9.17, 15) is 0 Å². The summed E-state index contributed by atoms with van der Waals surface area (Å²) in [5.74, 6) is 0.870. The van der Waals surface area contributed by atoms with Crippen LogP contribution in [0.15, 0.2) is 39.4 Å². The molecule has 1 heterocycles. The molecule has 0 amide bonds. The minimum absolute atomic E-state index is 0.0235. The molecule has 0 spiro atoms. The molecule has 0 saturated carbocycles. The molecule has 0 bridgehead atoms. The molecule has 0 fully saturated rings. The van der Waals surface area contributed by atoms with Crippen molar-refractivity contribution in [3.05, 3.63) is 56.9 Å². The normalized spacial score (nSPS) is 12.7. The van der Waals surface area contributed by atoms with Gasteiger partial charge in [0.2, 0.25) is 0 Å². The van der Waals surface area contributed by atoms with E-state index < -0.39 is 0 Å². The first-order chi connectivity index (χ1) is 8.13. The molecule has 90 valence electrons. The summed E-state index contributed by atoms with van der Waals surface area (Å²) in [5.41, 5.74) is 2.19. The molecule has 0 aliphatic rings. The van der Waals surface area contributed by atoms with E-state index in [1.807, 2.05) is 32.2 Å². The van der Waals surface area contributed by atoms with Gasteiger partial charge in [0.05, 0.1) is 16.8 Å². The standard InChI is InChI=1S/C13H13BrClNO/c1-8-7-9(3-4-11(8)15)12(16-2)13-10(14)5-6-17-13/h3-7,12,16H,1-2H3. The third kappa shape index (κ3) is 2.57. The second-order valence-electron chi connectivity index (χ2n) is 3.86. The first kappa shape index (κ1) is 12.7. The topological polar surface area (TPSA) is 25.2 Å². The van der Waals surface area contributed by atoms with Crippen molar-refractivity contribution in [1.82, 2.24) is 5.32 Å². The van der Waals surface area contributed by atoms with Crippen LogP contribution in [-0.2, 0) is 0 Å². The maximum absolute atomic E-state index is 6.03. The highest BCUT2D eigenvalue weighted by atomic mass is 79.9. The molecule has 2 nitrogen and oxygen atoms in total. The van der Waals surface area contributed by atoms with Gasteiger partial charge in [0, 0.05) is 5.02 Å². The Hall–Kier alpha value is -0.770. The van der Waals surface area contributed by atoms with E-state index in [1.165, 1.54) is 0 Å². The van der Waals surface area contributed by atoms with Gasteiger partial charge in [0.1, 0.15) is 5.76 Å². The van der Waals surface area contributed by atoms with Gasteiger partial charge in [-0.2, -0.15) is 0 Å². The summed E-state index contributed by atoms with van der Waals surface area (Å²) in [6.07, 6.45) is 1.67. The lowest BCUT2D eigenvalue weighted by Crippen LogP contribution is -2.17. The molecule has 1 unspecified atom stereocenters. The summed E-state index contributed by atoms with van der Waals surface area (Å²) < 4.78 is 6.46. The fraction of sp³-hybridized carbons (Fsp3) is 0.231. The molecule has 0 aliphatic heterocycles. The van der Waals surface area contributed by atoms with Gasteiger partial charge in [0.15, 0.2) is 0 Å². The number of halogens is 2. The van der Waals surface area contributed by atoms with Gasteiger partial charge in [-0.25, -0.2) is 0 Å². The van der Waals surface area contributed by atoms with Crippen LogP contribution in [0.3, 0.4) is 0 Å². The Kier molecular flexibility index (Phi) is 3.92. The second-order valence-corrected chi connectivity index (χ2v) is 5.12. The first-order valence-electron chi connectivity index (χ1n) is 5.29. The lowest BCUT2D eigenvalue weighted by atomic mass is 10.0. The summed E-state index contributed by atoms with van der Waals surface area (Å²) in [6, 6.07) is 7.90. The van der Waals surface area contributed by atoms with Gasteiger partial charge in [-0.15, -0.1) is 0 Å². The predicted octanol–water partition coefficient (Wildman–Crippen LogP) is 4.31. The van der Waals surface area contributed by atoms with Gasteiger partial charge in [0.25, 0.3) is 0 Å². The van der Waals surface area contributed by atoms with Crippen molar-refractivity contribution in [2.24, 2.45) is 0 Å². The number of hydrogen-bond donors (Lipinski definition) is 1. The lowest BCUT2D eigenvalue weighted by molar-refractivity contribution is 0.461. The summed E-state index contributed by atoms with van der Waals surface area (Å²) in [4.78, 5) is 0. The molecule has 2 aromatic rings. The van der Waals surface area contributed by atoms with Crippen LogP contribution >= 0.6 is 27.5 Å². The Bertz CT molecular complexity index is 524. The third-order valence-electron chi connectivity index (χ3n) is 2.71. The zero-order chi connectivity index (χ0) is 12.4. The molecule has 1 N–H and O–H groups in total. The van der Waals surface area contributed by atoms with Crippen LogP contribution < -0.4 is 5.32 Å². The van der Waals surface area contributed by atoms with Gasteiger partial charge < -0.3 is 9.73 Å². The van der Waals surface area contributed by atoms with E-state index in [-0.39, 0.29) is 6.04 Å². The van der Waals surface area contributed by atoms with Crippen LogP contribution in [0, 0.1) is 6.92 Å². The van der Waals surface area contributed by atoms with E-state index >= 15 is 0 Å². The molecule has 0 aliphatic carbocycles.